The van der Waals surface area contributed by atoms with Gasteiger partial charge in [0.25, 0.3) is 0 Å². The second kappa shape index (κ2) is 13.1. The lowest BCUT2D eigenvalue weighted by Gasteiger charge is -2.19. The van der Waals surface area contributed by atoms with Gasteiger partial charge in [0.05, 0.1) is 11.8 Å². The van der Waals surface area contributed by atoms with Crippen LogP contribution < -0.4 is 10.9 Å². The van der Waals surface area contributed by atoms with Gasteiger partial charge in [-0.05, 0) is 12.8 Å². The minimum Gasteiger partial charge on any atom is -0.463 e. The molecule has 0 aromatic carbocycles. The highest BCUT2D eigenvalue weighted by molar-refractivity contribution is 5.79. The number of aliphatic hydroxyl groups is 1. The van der Waals surface area contributed by atoms with E-state index >= 15 is 0 Å². The van der Waals surface area contributed by atoms with Gasteiger partial charge in [0.15, 0.2) is 0 Å². The monoisotopic (exact) mass is 370 g/mol. The van der Waals surface area contributed by atoms with Crippen molar-refractivity contribution in [1.82, 2.24) is 10.9 Å². The molecule has 0 aliphatic rings. The van der Waals surface area contributed by atoms with Crippen LogP contribution in [0.1, 0.15) is 47.5 Å². The summed E-state index contributed by atoms with van der Waals surface area (Å²) in [4.78, 5) is 35.2. The van der Waals surface area contributed by atoms with Crippen molar-refractivity contribution in [2.75, 3.05) is 13.2 Å². The molecule has 148 valence electrons. The van der Waals surface area contributed by atoms with E-state index in [0.29, 0.717) is 12.8 Å². The van der Waals surface area contributed by atoms with Gasteiger partial charge < -0.3 is 14.6 Å². The van der Waals surface area contributed by atoms with Gasteiger partial charge in [0.1, 0.15) is 18.8 Å². The molecule has 3 atom stereocenters. The molecule has 0 radical (unpaired) electrons. The van der Waals surface area contributed by atoms with Gasteiger partial charge >= 0.3 is 11.9 Å². The lowest BCUT2D eigenvalue weighted by molar-refractivity contribution is -0.150. The van der Waals surface area contributed by atoms with E-state index in [2.05, 4.69) is 22.9 Å². The van der Waals surface area contributed by atoms with Gasteiger partial charge in [0, 0.05) is 19.4 Å². The van der Waals surface area contributed by atoms with Crippen LogP contribution in [0, 0.1) is 29.8 Å². The Balaban J connectivity index is 4.23. The van der Waals surface area contributed by atoms with Crippen molar-refractivity contribution in [1.29, 1.82) is 0 Å². The van der Waals surface area contributed by atoms with Gasteiger partial charge in [-0.25, -0.2) is 5.43 Å². The number of hydrogen-bond donors (Lipinski definition) is 3. The number of hydrogen-bond acceptors (Lipinski definition) is 7. The third kappa shape index (κ3) is 10.0. The molecule has 0 aliphatic carbocycles. The Morgan fingerprint density at radius 2 is 1.81 bits per heavy atom. The summed E-state index contributed by atoms with van der Waals surface area (Å²) in [5.41, 5.74) is 5.10. The zero-order chi connectivity index (χ0) is 20.1. The van der Waals surface area contributed by atoms with Crippen LogP contribution in [0.15, 0.2) is 0 Å². The molecule has 0 spiro atoms. The minimum atomic E-state index is -0.945. The molecule has 0 bridgehead atoms. The topological polar surface area (TPSA) is 114 Å². The molecule has 26 heavy (non-hydrogen) atoms. The fourth-order valence-corrected chi connectivity index (χ4v) is 1.95. The Hall–Kier alpha value is -2.11. The summed E-state index contributed by atoms with van der Waals surface area (Å²) < 4.78 is 9.63. The summed E-state index contributed by atoms with van der Waals surface area (Å²) in [7, 11) is 0. The number of rotatable bonds is 11. The molecule has 0 saturated heterocycles. The van der Waals surface area contributed by atoms with Gasteiger partial charge in [-0.15, -0.1) is 0 Å². The smallest absolute Gasteiger partial charge is 0.322 e. The minimum absolute atomic E-state index is 0.0250. The molecule has 8 heteroatoms. The number of ether oxygens (including phenoxy) is 2. The second-order valence-corrected chi connectivity index (χ2v) is 6.32. The summed E-state index contributed by atoms with van der Waals surface area (Å²) in [6.45, 7) is 8.34. The zero-order valence-electron chi connectivity index (χ0n) is 16.1. The van der Waals surface area contributed by atoms with E-state index in [4.69, 9.17) is 9.47 Å². The highest BCUT2D eigenvalue weighted by Crippen LogP contribution is 2.17. The molecule has 1 amide bonds. The van der Waals surface area contributed by atoms with E-state index in [0.717, 1.165) is 0 Å². The summed E-state index contributed by atoms with van der Waals surface area (Å²) >= 11 is 0. The van der Waals surface area contributed by atoms with Gasteiger partial charge in [-0.1, -0.05) is 33.6 Å². The predicted molar refractivity (Wildman–Crippen MR) is 95.1 cm³/mol. The average Bonchev–Trinajstić information content (AvgIpc) is 2.61. The van der Waals surface area contributed by atoms with Crippen LogP contribution in [-0.4, -0.2) is 42.2 Å². The van der Waals surface area contributed by atoms with E-state index in [1.165, 1.54) is 0 Å². The summed E-state index contributed by atoms with van der Waals surface area (Å²) in [6.07, 6.45) is 2.17. The molecule has 0 aromatic rings. The van der Waals surface area contributed by atoms with Crippen LogP contribution in [0.25, 0.3) is 0 Å². The van der Waals surface area contributed by atoms with Crippen molar-refractivity contribution in [3.8, 4) is 12.0 Å². The predicted octanol–water partition coefficient (Wildman–Crippen LogP) is 0.744. The van der Waals surface area contributed by atoms with Gasteiger partial charge in [0.2, 0.25) is 5.91 Å². The zero-order valence-corrected chi connectivity index (χ0v) is 16.1. The Labute approximate surface area is 155 Å². The third-order valence-corrected chi connectivity index (χ3v) is 3.60. The van der Waals surface area contributed by atoms with Crippen molar-refractivity contribution >= 4 is 17.8 Å². The quantitative estimate of drug-likeness (QED) is 0.279. The number of amides is 1. The van der Waals surface area contributed by atoms with Crippen molar-refractivity contribution < 1.29 is 29.0 Å². The van der Waals surface area contributed by atoms with Crippen LogP contribution in [0.2, 0.25) is 0 Å². The van der Waals surface area contributed by atoms with E-state index < -0.39 is 29.9 Å². The molecule has 0 heterocycles. The number of aliphatic hydroxyl groups excluding tert-OH is 1. The first-order valence-corrected chi connectivity index (χ1v) is 8.72. The highest BCUT2D eigenvalue weighted by atomic mass is 16.5. The average molecular weight is 370 g/mol. The van der Waals surface area contributed by atoms with Crippen molar-refractivity contribution in [3.05, 3.63) is 0 Å². The normalized spacial score (nSPS) is 13.8. The summed E-state index contributed by atoms with van der Waals surface area (Å²) in [6, 6.07) is 0. The lowest BCUT2D eigenvalue weighted by atomic mass is 9.93. The van der Waals surface area contributed by atoms with Gasteiger partial charge in [-0.3, -0.25) is 19.8 Å². The molecular weight excluding hydrogens is 340 g/mol. The van der Waals surface area contributed by atoms with E-state index in [-0.39, 0.29) is 25.0 Å². The molecule has 8 nitrogen and oxygen atoms in total. The Bertz CT molecular complexity index is 524. The first-order chi connectivity index (χ1) is 12.2. The van der Waals surface area contributed by atoms with Crippen LogP contribution in [0.3, 0.4) is 0 Å². The largest absolute Gasteiger partial charge is 0.463 e. The van der Waals surface area contributed by atoms with Crippen LogP contribution in [-0.2, 0) is 23.9 Å². The Morgan fingerprint density at radius 1 is 1.15 bits per heavy atom. The maximum Gasteiger partial charge on any atom is 0.322 e. The number of nitrogens with one attached hydrogen (secondary N) is 2. The molecule has 0 aliphatic heterocycles. The van der Waals surface area contributed by atoms with Crippen LogP contribution in [0.4, 0.5) is 0 Å². The molecular formula is C18H30N2O6. The van der Waals surface area contributed by atoms with Crippen LogP contribution in [0.5, 0.6) is 0 Å². The number of esters is 2. The molecule has 3 N–H and O–H groups in total. The lowest BCUT2D eigenvalue weighted by Crippen LogP contribution is -2.45. The fourth-order valence-electron chi connectivity index (χ4n) is 1.95. The maximum atomic E-state index is 12.2. The van der Waals surface area contributed by atoms with Crippen molar-refractivity contribution in [2.24, 2.45) is 17.8 Å². The molecule has 0 fully saturated rings. The van der Waals surface area contributed by atoms with E-state index in [1.54, 1.807) is 27.7 Å². The molecule has 3 unspecified atom stereocenters. The Morgan fingerprint density at radius 3 is 2.35 bits per heavy atom. The first-order valence-electron chi connectivity index (χ1n) is 8.72. The first kappa shape index (κ1) is 23.9. The van der Waals surface area contributed by atoms with Crippen LogP contribution >= 0.6 is 0 Å². The van der Waals surface area contributed by atoms with Crippen molar-refractivity contribution in [3.63, 3.8) is 0 Å². The fraction of sp³-hybridized carbons (Fsp3) is 0.722. The van der Waals surface area contributed by atoms with Crippen molar-refractivity contribution in [2.45, 2.75) is 53.6 Å². The van der Waals surface area contributed by atoms with E-state index in [1.807, 2.05) is 6.92 Å². The molecule has 0 saturated carbocycles. The molecule has 0 aromatic heterocycles. The number of carbonyl (C=O) groups is 3. The molecule has 0 rings (SSSR count). The summed E-state index contributed by atoms with van der Waals surface area (Å²) in [5, 5.41) is 9.72. The standard InChI is InChI=1S/C18H30N2O6/c1-6-8-25-18(24)13(5)9-14(7-2)16(22)20-19-10-15(21)11-26-17(23)12(3)4/h12-15,19,21H,7,9-11H2,1-5H3,(H,20,22). The SMILES string of the molecule is CC#COC(=O)C(C)CC(CC)C(=O)NNCC(O)COC(=O)C(C)C. The second-order valence-electron chi connectivity index (χ2n) is 6.32. The summed E-state index contributed by atoms with van der Waals surface area (Å²) in [5.74, 6) is 0.185. The highest BCUT2D eigenvalue weighted by Gasteiger charge is 2.24. The number of hydrazine groups is 1. The number of carbonyl (C=O) groups excluding carboxylic acids is 3. The Kier molecular flexibility index (Phi) is 12.1. The third-order valence-electron chi connectivity index (χ3n) is 3.60. The van der Waals surface area contributed by atoms with E-state index in [9.17, 15) is 19.5 Å². The van der Waals surface area contributed by atoms with Gasteiger partial charge in [-0.2, -0.15) is 0 Å². The maximum absolute atomic E-state index is 12.2.